The quantitative estimate of drug-likeness (QED) is 0.649. The zero-order valence-corrected chi connectivity index (χ0v) is 8.09. The van der Waals surface area contributed by atoms with Gasteiger partial charge in [-0.3, -0.25) is 0 Å². The highest BCUT2D eigenvalue weighted by Crippen LogP contribution is 2.54. The van der Waals surface area contributed by atoms with Crippen molar-refractivity contribution < 1.29 is 5.11 Å². The van der Waals surface area contributed by atoms with Gasteiger partial charge in [0.25, 0.3) is 0 Å². The van der Waals surface area contributed by atoms with Crippen LogP contribution in [0.25, 0.3) is 0 Å². The summed E-state index contributed by atoms with van der Waals surface area (Å²) in [7, 11) is 0. The van der Waals surface area contributed by atoms with E-state index in [4.69, 9.17) is 5.26 Å². The highest BCUT2D eigenvalue weighted by Gasteiger charge is 2.50. The van der Waals surface area contributed by atoms with Crippen molar-refractivity contribution in [1.29, 1.82) is 5.26 Å². The van der Waals surface area contributed by atoms with Gasteiger partial charge in [0.05, 0.1) is 12.2 Å². The normalized spacial score (nSPS) is 39.4. The molecule has 0 radical (unpaired) electrons. The Labute approximate surface area is 74.2 Å². The predicted octanol–water partition coefficient (Wildman–Crippen LogP) is 2.09. The van der Waals surface area contributed by atoms with Crippen molar-refractivity contribution in [2.45, 2.75) is 46.1 Å². The SMILES string of the molecule is CC1(C)[C@@H](O)CC[C@@]1(C)CC#N. The molecule has 0 heterocycles. The van der Waals surface area contributed by atoms with E-state index in [0.717, 1.165) is 12.8 Å². The number of nitrogens with zero attached hydrogens (tertiary/aromatic N) is 1. The van der Waals surface area contributed by atoms with E-state index in [9.17, 15) is 5.11 Å². The van der Waals surface area contributed by atoms with Gasteiger partial charge in [0.15, 0.2) is 0 Å². The van der Waals surface area contributed by atoms with E-state index in [1.807, 2.05) is 0 Å². The molecule has 1 rings (SSSR count). The molecule has 0 aliphatic heterocycles. The lowest BCUT2D eigenvalue weighted by Gasteiger charge is -2.38. The first-order valence-corrected chi connectivity index (χ1v) is 4.49. The maximum absolute atomic E-state index is 9.71. The van der Waals surface area contributed by atoms with Crippen molar-refractivity contribution in [2.75, 3.05) is 0 Å². The maximum Gasteiger partial charge on any atom is 0.0627 e. The molecule has 0 aromatic carbocycles. The van der Waals surface area contributed by atoms with E-state index in [2.05, 4.69) is 26.8 Å². The Morgan fingerprint density at radius 3 is 2.42 bits per heavy atom. The molecule has 1 saturated carbocycles. The Hall–Kier alpha value is -0.550. The molecule has 0 saturated heterocycles. The minimum Gasteiger partial charge on any atom is -0.393 e. The molecule has 12 heavy (non-hydrogen) atoms. The first kappa shape index (κ1) is 9.54. The van der Waals surface area contributed by atoms with Gasteiger partial charge in [-0.05, 0) is 23.7 Å². The molecule has 0 aromatic rings. The first-order chi connectivity index (χ1) is 5.44. The van der Waals surface area contributed by atoms with Gasteiger partial charge in [0.1, 0.15) is 0 Å². The van der Waals surface area contributed by atoms with Crippen LogP contribution in [-0.4, -0.2) is 11.2 Å². The monoisotopic (exact) mass is 167 g/mol. The number of rotatable bonds is 1. The molecule has 68 valence electrons. The second kappa shape index (κ2) is 2.74. The molecule has 0 bridgehead atoms. The maximum atomic E-state index is 9.71. The van der Waals surface area contributed by atoms with Crippen molar-refractivity contribution in [3.05, 3.63) is 0 Å². The second-order valence-corrected chi connectivity index (χ2v) is 4.67. The van der Waals surface area contributed by atoms with Crippen LogP contribution in [-0.2, 0) is 0 Å². The third-order valence-electron chi connectivity index (χ3n) is 3.83. The van der Waals surface area contributed by atoms with Crippen molar-refractivity contribution in [3.63, 3.8) is 0 Å². The lowest BCUT2D eigenvalue weighted by molar-refractivity contribution is 0.0143. The van der Waals surface area contributed by atoms with Crippen LogP contribution < -0.4 is 0 Å². The van der Waals surface area contributed by atoms with Crippen molar-refractivity contribution >= 4 is 0 Å². The summed E-state index contributed by atoms with van der Waals surface area (Å²) in [4.78, 5) is 0. The molecular weight excluding hydrogens is 150 g/mol. The van der Waals surface area contributed by atoms with Crippen LogP contribution in [0.4, 0.5) is 0 Å². The third-order valence-corrected chi connectivity index (χ3v) is 3.83. The van der Waals surface area contributed by atoms with Crippen LogP contribution in [0.3, 0.4) is 0 Å². The van der Waals surface area contributed by atoms with Crippen LogP contribution >= 0.6 is 0 Å². The number of aliphatic hydroxyl groups is 1. The van der Waals surface area contributed by atoms with E-state index >= 15 is 0 Å². The Morgan fingerprint density at radius 1 is 1.50 bits per heavy atom. The Morgan fingerprint density at radius 2 is 2.08 bits per heavy atom. The predicted molar refractivity (Wildman–Crippen MR) is 47.4 cm³/mol. The molecule has 0 spiro atoms. The summed E-state index contributed by atoms with van der Waals surface area (Å²) < 4.78 is 0. The van der Waals surface area contributed by atoms with E-state index in [-0.39, 0.29) is 16.9 Å². The molecule has 2 atom stereocenters. The van der Waals surface area contributed by atoms with Crippen molar-refractivity contribution in [3.8, 4) is 6.07 Å². The Bertz CT molecular complexity index is 216. The number of hydrogen-bond donors (Lipinski definition) is 1. The molecule has 1 N–H and O–H groups in total. The Balaban J connectivity index is 2.87. The van der Waals surface area contributed by atoms with E-state index in [1.165, 1.54) is 0 Å². The number of hydrogen-bond acceptors (Lipinski definition) is 2. The Kier molecular flexibility index (Phi) is 2.18. The zero-order valence-electron chi connectivity index (χ0n) is 8.09. The molecule has 0 amide bonds. The average Bonchev–Trinajstić information content (AvgIpc) is 2.16. The summed E-state index contributed by atoms with van der Waals surface area (Å²) in [6.45, 7) is 6.22. The molecular formula is C10H17NO. The molecule has 0 aromatic heterocycles. The molecule has 2 heteroatoms. The van der Waals surface area contributed by atoms with Gasteiger partial charge < -0.3 is 5.11 Å². The van der Waals surface area contributed by atoms with Gasteiger partial charge >= 0.3 is 0 Å². The first-order valence-electron chi connectivity index (χ1n) is 4.49. The van der Waals surface area contributed by atoms with Crippen LogP contribution in [0.1, 0.15) is 40.0 Å². The summed E-state index contributed by atoms with van der Waals surface area (Å²) in [5.74, 6) is 0. The minimum atomic E-state index is -0.240. The summed E-state index contributed by atoms with van der Waals surface area (Å²) in [6.07, 6.45) is 2.12. The number of nitriles is 1. The van der Waals surface area contributed by atoms with Crippen LogP contribution in [0.2, 0.25) is 0 Å². The topological polar surface area (TPSA) is 44.0 Å². The van der Waals surface area contributed by atoms with Gasteiger partial charge in [0, 0.05) is 6.42 Å². The lowest BCUT2D eigenvalue weighted by atomic mass is 9.67. The third kappa shape index (κ3) is 1.13. The molecule has 1 aliphatic carbocycles. The summed E-state index contributed by atoms with van der Waals surface area (Å²) in [5, 5.41) is 18.4. The van der Waals surface area contributed by atoms with Crippen molar-refractivity contribution in [2.24, 2.45) is 10.8 Å². The van der Waals surface area contributed by atoms with Crippen LogP contribution in [0.15, 0.2) is 0 Å². The fraction of sp³-hybridized carbons (Fsp3) is 0.900. The minimum absolute atomic E-state index is 0.00116. The van der Waals surface area contributed by atoms with Crippen LogP contribution in [0, 0.1) is 22.2 Å². The zero-order chi connectivity index (χ0) is 9.41. The van der Waals surface area contributed by atoms with Gasteiger partial charge in [-0.2, -0.15) is 5.26 Å². The van der Waals surface area contributed by atoms with Crippen LogP contribution in [0.5, 0.6) is 0 Å². The summed E-state index contributed by atoms with van der Waals surface area (Å²) in [6, 6.07) is 2.22. The van der Waals surface area contributed by atoms with Gasteiger partial charge in [-0.1, -0.05) is 20.8 Å². The fourth-order valence-electron chi connectivity index (χ4n) is 2.03. The fourth-order valence-corrected chi connectivity index (χ4v) is 2.03. The molecule has 1 fully saturated rings. The van der Waals surface area contributed by atoms with Gasteiger partial charge in [-0.25, -0.2) is 0 Å². The highest BCUT2D eigenvalue weighted by atomic mass is 16.3. The van der Waals surface area contributed by atoms with E-state index in [0.29, 0.717) is 6.42 Å². The van der Waals surface area contributed by atoms with Gasteiger partial charge in [0.2, 0.25) is 0 Å². The standard InChI is InChI=1S/C10H17NO/c1-9(2)8(12)4-5-10(9,3)6-7-11/h8,12H,4-6H2,1-3H3/t8-,10-/m0/s1. The molecule has 2 nitrogen and oxygen atoms in total. The second-order valence-electron chi connectivity index (χ2n) is 4.67. The summed E-state index contributed by atoms with van der Waals surface area (Å²) >= 11 is 0. The van der Waals surface area contributed by atoms with Crippen molar-refractivity contribution in [1.82, 2.24) is 0 Å². The number of aliphatic hydroxyl groups excluding tert-OH is 1. The molecule has 1 aliphatic rings. The largest absolute Gasteiger partial charge is 0.393 e. The van der Waals surface area contributed by atoms with E-state index in [1.54, 1.807) is 0 Å². The van der Waals surface area contributed by atoms with Gasteiger partial charge in [-0.15, -0.1) is 0 Å². The average molecular weight is 167 g/mol. The lowest BCUT2D eigenvalue weighted by Crippen LogP contribution is -2.36. The van der Waals surface area contributed by atoms with E-state index < -0.39 is 0 Å². The molecule has 0 unspecified atom stereocenters. The highest BCUT2D eigenvalue weighted by molar-refractivity contribution is 5.03. The summed E-state index contributed by atoms with van der Waals surface area (Å²) in [5.41, 5.74) is -0.107. The smallest absolute Gasteiger partial charge is 0.0627 e.